The van der Waals surface area contributed by atoms with Crippen molar-refractivity contribution in [3.8, 4) is 5.88 Å². The highest BCUT2D eigenvalue weighted by atomic mass is 19.4. The Kier molecular flexibility index (Phi) is 4.01. The van der Waals surface area contributed by atoms with Crippen LogP contribution in [-0.2, 0) is 6.18 Å². The Morgan fingerprint density at radius 2 is 2.04 bits per heavy atom. The number of amides is 1. The Hall–Kier alpha value is -3.10. The molecule has 27 heavy (non-hydrogen) atoms. The van der Waals surface area contributed by atoms with Crippen molar-refractivity contribution in [1.82, 2.24) is 19.3 Å². The lowest BCUT2D eigenvalue weighted by Crippen LogP contribution is -2.56. The third-order valence-electron chi connectivity index (χ3n) is 4.39. The summed E-state index contributed by atoms with van der Waals surface area (Å²) in [5, 5.41) is 0. The number of halogens is 3. The Balaban J connectivity index is 1.44. The van der Waals surface area contributed by atoms with Crippen LogP contribution in [0.4, 0.5) is 13.2 Å². The maximum Gasteiger partial charge on any atom is 0.416 e. The number of hydrogen-bond acceptors (Lipinski definition) is 4. The molecule has 4 heterocycles. The minimum absolute atomic E-state index is 0.104. The monoisotopic (exact) mass is 376 g/mol. The number of likely N-dealkylation sites (tertiary alicyclic amines) is 1. The van der Waals surface area contributed by atoms with E-state index in [1.54, 1.807) is 22.4 Å². The fourth-order valence-corrected chi connectivity index (χ4v) is 3.02. The summed E-state index contributed by atoms with van der Waals surface area (Å²) < 4.78 is 45.4. The molecule has 1 fully saturated rings. The largest absolute Gasteiger partial charge is 0.471 e. The molecule has 0 aromatic carbocycles. The third-order valence-corrected chi connectivity index (χ3v) is 4.39. The van der Waals surface area contributed by atoms with Crippen molar-refractivity contribution in [2.75, 3.05) is 13.1 Å². The van der Waals surface area contributed by atoms with Crippen molar-refractivity contribution in [3.05, 3.63) is 59.7 Å². The third kappa shape index (κ3) is 3.20. The zero-order valence-corrected chi connectivity index (χ0v) is 14.3. The zero-order valence-electron chi connectivity index (χ0n) is 14.3. The number of carbonyl (C=O) groups is 1. The summed E-state index contributed by atoms with van der Waals surface area (Å²) in [7, 11) is 0. The normalized spacial score (nSPS) is 15.0. The van der Waals surface area contributed by atoms with Crippen LogP contribution in [0, 0.1) is 6.92 Å². The van der Waals surface area contributed by atoms with E-state index in [1.807, 2.05) is 18.2 Å². The van der Waals surface area contributed by atoms with E-state index in [1.165, 1.54) is 0 Å². The standard InChI is InChI=1S/C18H15F3N4O2/c1-11-16(25-7-3-2-4-14(25)23-11)17(26)24-9-13(10-24)27-15-8-12(5-6-22-15)18(19,20)21/h2-8,13H,9-10H2,1H3. The fourth-order valence-electron chi connectivity index (χ4n) is 3.02. The quantitative estimate of drug-likeness (QED) is 0.705. The summed E-state index contributed by atoms with van der Waals surface area (Å²) in [5.74, 6) is -0.295. The molecule has 0 N–H and O–H groups in total. The van der Waals surface area contributed by atoms with Gasteiger partial charge in [-0.25, -0.2) is 9.97 Å². The summed E-state index contributed by atoms with van der Waals surface area (Å²) in [6.07, 6.45) is -2.03. The topological polar surface area (TPSA) is 59.7 Å². The van der Waals surface area contributed by atoms with Gasteiger partial charge in [0, 0.05) is 18.5 Å². The van der Waals surface area contributed by atoms with Crippen LogP contribution in [0.2, 0.25) is 0 Å². The number of alkyl halides is 3. The van der Waals surface area contributed by atoms with Gasteiger partial charge in [0.15, 0.2) is 0 Å². The number of ether oxygens (including phenoxy) is 1. The van der Waals surface area contributed by atoms with E-state index in [0.29, 0.717) is 17.0 Å². The van der Waals surface area contributed by atoms with Gasteiger partial charge in [-0.05, 0) is 25.1 Å². The number of hydrogen-bond donors (Lipinski definition) is 0. The van der Waals surface area contributed by atoms with Crippen molar-refractivity contribution < 1.29 is 22.7 Å². The highest BCUT2D eigenvalue weighted by Crippen LogP contribution is 2.31. The minimum atomic E-state index is -4.46. The van der Waals surface area contributed by atoms with Gasteiger partial charge >= 0.3 is 6.18 Å². The number of pyridine rings is 2. The minimum Gasteiger partial charge on any atom is -0.471 e. The summed E-state index contributed by atoms with van der Waals surface area (Å²) >= 11 is 0. The Bertz CT molecular complexity index is 1010. The number of nitrogens with zero attached hydrogens (tertiary/aromatic N) is 4. The summed E-state index contributed by atoms with van der Waals surface area (Å²) in [6, 6.07) is 7.21. The molecule has 0 spiro atoms. The average Bonchev–Trinajstić information content (AvgIpc) is 2.92. The molecule has 0 atom stereocenters. The number of aromatic nitrogens is 3. The zero-order chi connectivity index (χ0) is 19.2. The first-order chi connectivity index (χ1) is 12.8. The van der Waals surface area contributed by atoms with Crippen molar-refractivity contribution in [3.63, 3.8) is 0 Å². The van der Waals surface area contributed by atoms with Crippen LogP contribution < -0.4 is 4.74 Å². The summed E-state index contributed by atoms with van der Waals surface area (Å²) in [6.45, 7) is 2.31. The number of imidazole rings is 1. The van der Waals surface area contributed by atoms with Gasteiger partial charge in [0.05, 0.1) is 24.3 Å². The van der Waals surface area contributed by atoms with Gasteiger partial charge in [-0.3, -0.25) is 9.20 Å². The molecule has 0 aliphatic carbocycles. The molecule has 4 rings (SSSR count). The molecule has 1 saturated heterocycles. The first-order valence-corrected chi connectivity index (χ1v) is 8.26. The highest BCUT2D eigenvalue weighted by Gasteiger charge is 2.36. The fraction of sp³-hybridized carbons (Fsp3) is 0.278. The molecule has 9 heteroatoms. The summed E-state index contributed by atoms with van der Waals surface area (Å²) in [5.41, 5.74) is 0.956. The van der Waals surface area contributed by atoms with E-state index >= 15 is 0 Å². The molecular formula is C18H15F3N4O2. The van der Waals surface area contributed by atoms with Gasteiger partial charge in [0.2, 0.25) is 5.88 Å². The highest BCUT2D eigenvalue weighted by molar-refractivity contribution is 5.95. The second-order valence-electron chi connectivity index (χ2n) is 6.31. The molecule has 3 aromatic heterocycles. The van der Waals surface area contributed by atoms with E-state index in [0.717, 1.165) is 18.3 Å². The SMILES string of the molecule is Cc1nc2ccccn2c1C(=O)N1CC(Oc2cc(C(F)(F)F)ccn2)C1. The van der Waals surface area contributed by atoms with E-state index in [9.17, 15) is 18.0 Å². The van der Waals surface area contributed by atoms with Crippen molar-refractivity contribution >= 4 is 11.6 Å². The van der Waals surface area contributed by atoms with Gasteiger partial charge in [-0.1, -0.05) is 6.07 Å². The van der Waals surface area contributed by atoms with Crippen molar-refractivity contribution in [2.24, 2.45) is 0 Å². The van der Waals surface area contributed by atoms with Crippen molar-refractivity contribution in [2.45, 2.75) is 19.2 Å². The first kappa shape index (κ1) is 17.3. The molecule has 6 nitrogen and oxygen atoms in total. The average molecular weight is 376 g/mol. The smallest absolute Gasteiger partial charge is 0.416 e. The van der Waals surface area contributed by atoms with Crippen molar-refractivity contribution in [1.29, 1.82) is 0 Å². The molecule has 0 saturated carbocycles. The van der Waals surface area contributed by atoms with Crippen LogP contribution in [0.5, 0.6) is 5.88 Å². The number of carbonyl (C=O) groups excluding carboxylic acids is 1. The maximum absolute atomic E-state index is 12.8. The molecule has 0 unspecified atom stereocenters. The first-order valence-electron chi connectivity index (χ1n) is 8.26. The molecule has 3 aromatic rings. The van der Waals surface area contributed by atoms with Gasteiger partial charge in [-0.15, -0.1) is 0 Å². The van der Waals surface area contributed by atoms with Crippen LogP contribution in [0.3, 0.4) is 0 Å². The van der Waals surface area contributed by atoms with E-state index in [4.69, 9.17) is 4.74 Å². The van der Waals surface area contributed by atoms with Crippen LogP contribution in [0.15, 0.2) is 42.7 Å². The Labute approximate surface area is 152 Å². The Morgan fingerprint density at radius 3 is 2.78 bits per heavy atom. The molecule has 1 aliphatic rings. The second-order valence-corrected chi connectivity index (χ2v) is 6.31. The molecule has 0 bridgehead atoms. The second kappa shape index (κ2) is 6.26. The number of aryl methyl sites for hydroxylation is 1. The predicted molar refractivity (Wildman–Crippen MR) is 89.5 cm³/mol. The van der Waals surface area contributed by atoms with Crippen LogP contribution in [0.1, 0.15) is 21.7 Å². The predicted octanol–water partition coefficient (Wildman–Crippen LogP) is 2.96. The Morgan fingerprint density at radius 1 is 1.26 bits per heavy atom. The van der Waals surface area contributed by atoms with Gasteiger partial charge in [0.25, 0.3) is 5.91 Å². The van der Waals surface area contributed by atoms with Gasteiger partial charge < -0.3 is 9.64 Å². The number of rotatable bonds is 3. The number of fused-ring (bicyclic) bond motifs is 1. The van der Waals surface area contributed by atoms with E-state index in [2.05, 4.69) is 9.97 Å². The van der Waals surface area contributed by atoms with E-state index < -0.39 is 17.8 Å². The van der Waals surface area contributed by atoms with Crippen LogP contribution in [0.25, 0.3) is 5.65 Å². The van der Waals surface area contributed by atoms with Gasteiger partial charge in [-0.2, -0.15) is 13.2 Å². The summed E-state index contributed by atoms with van der Waals surface area (Å²) in [4.78, 5) is 22.5. The molecular weight excluding hydrogens is 361 g/mol. The molecule has 1 amide bonds. The molecule has 1 aliphatic heterocycles. The maximum atomic E-state index is 12.8. The van der Waals surface area contributed by atoms with Crippen LogP contribution in [-0.4, -0.2) is 44.4 Å². The lowest BCUT2D eigenvalue weighted by Gasteiger charge is -2.38. The molecule has 140 valence electrons. The molecule has 0 radical (unpaired) electrons. The van der Waals surface area contributed by atoms with Gasteiger partial charge in [0.1, 0.15) is 17.4 Å². The lowest BCUT2D eigenvalue weighted by atomic mass is 10.1. The van der Waals surface area contributed by atoms with E-state index in [-0.39, 0.29) is 24.9 Å². The lowest BCUT2D eigenvalue weighted by molar-refractivity contribution is -0.137. The van der Waals surface area contributed by atoms with Crippen LogP contribution >= 0.6 is 0 Å².